The topological polar surface area (TPSA) is 102 Å². The van der Waals surface area contributed by atoms with Crippen molar-refractivity contribution in [2.75, 3.05) is 26.2 Å². The summed E-state index contributed by atoms with van der Waals surface area (Å²) in [6, 6.07) is 0.323. The predicted octanol–water partition coefficient (Wildman–Crippen LogP) is 1.86. The lowest BCUT2D eigenvalue weighted by atomic mass is 9.91. The predicted molar refractivity (Wildman–Crippen MR) is 97.9 cm³/mol. The summed E-state index contributed by atoms with van der Waals surface area (Å²) in [5.41, 5.74) is 0. The summed E-state index contributed by atoms with van der Waals surface area (Å²) in [7, 11) is 0. The van der Waals surface area contributed by atoms with Gasteiger partial charge in [-0.25, -0.2) is 4.68 Å². The Balaban J connectivity index is 1.95. The number of amides is 1. The van der Waals surface area contributed by atoms with Crippen molar-refractivity contribution in [2.45, 2.75) is 63.7 Å². The van der Waals surface area contributed by atoms with Gasteiger partial charge in [-0.2, -0.15) is 0 Å². The van der Waals surface area contributed by atoms with Gasteiger partial charge < -0.3 is 15.0 Å². The van der Waals surface area contributed by atoms with Gasteiger partial charge in [-0.3, -0.25) is 9.59 Å². The second-order valence-corrected chi connectivity index (χ2v) is 7.07. The molecule has 0 aromatic carbocycles. The number of aromatic nitrogens is 4. The van der Waals surface area contributed by atoms with E-state index in [2.05, 4.69) is 20.8 Å². The molecule has 9 nitrogen and oxygen atoms in total. The molecule has 1 N–H and O–H groups in total. The minimum atomic E-state index is -0.238. The van der Waals surface area contributed by atoms with Crippen molar-refractivity contribution >= 4 is 23.0 Å². The number of esters is 1. The van der Waals surface area contributed by atoms with Crippen molar-refractivity contribution in [3.05, 3.63) is 0 Å². The number of nitrogens with zero attached hydrogens (tertiary/aromatic N) is 5. The number of carbonyl (C=O) groups is 2. The number of thioether (sulfide) groups is 1. The third-order valence-corrected chi connectivity index (χ3v) is 5.38. The molecule has 1 fully saturated rings. The molecule has 2 rings (SSSR count). The first-order chi connectivity index (χ1) is 12.6. The molecule has 0 bridgehead atoms. The van der Waals surface area contributed by atoms with E-state index >= 15 is 0 Å². The fourth-order valence-corrected chi connectivity index (χ4v) is 4.02. The van der Waals surface area contributed by atoms with E-state index in [1.54, 1.807) is 16.5 Å². The number of nitrogens with one attached hydrogen (secondary N) is 1. The van der Waals surface area contributed by atoms with Gasteiger partial charge in [0.15, 0.2) is 0 Å². The van der Waals surface area contributed by atoms with Gasteiger partial charge in [0, 0.05) is 30.9 Å². The van der Waals surface area contributed by atoms with Gasteiger partial charge in [0.2, 0.25) is 5.16 Å². The molecule has 0 aliphatic heterocycles. The molecule has 1 amide bonds. The van der Waals surface area contributed by atoms with E-state index in [0.717, 1.165) is 37.4 Å². The van der Waals surface area contributed by atoms with Crippen molar-refractivity contribution in [1.82, 2.24) is 30.4 Å². The van der Waals surface area contributed by atoms with E-state index in [4.69, 9.17) is 4.74 Å². The van der Waals surface area contributed by atoms with Crippen LogP contribution in [-0.2, 0) is 9.53 Å². The summed E-state index contributed by atoms with van der Waals surface area (Å²) in [6.07, 6.45) is 3.78. The Labute approximate surface area is 158 Å². The van der Waals surface area contributed by atoms with Crippen LogP contribution in [0.4, 0.5) is 4.79 Å². The van der Waals surface area contributed by atoms with Crippen molar-refractivity contribution in [3.8, 4) is 0 Å². The highest BCUT2D eigenvalue weighted by Crippen LogP contribution is 2.31. The first kappa shape index (κ1) is 20.6. The standard InChI is InChI=1S/C16H28N6O3S/c1-4-21(5-2)16(24)26-15-18-19-20-22(15)13-9-7-8-12(10-13)17-11-14(23)25-6-3/h12-13,17H,4-11H2,1-3H3. The molecule has 0 saturated heterocycles. The van der Waals surface area contributed by atoms with Crippen LogP contribution in [0.3, 0.4) is 0 Å². The van der Waals surface area contributed by atoms with E-state index in [-0.39, 0.29) is 29.8 Å². The Bertz CT molecular complexity index is 592. The maximum absolute atomic E-state index is 12.3. The lowest BCUT2D eigenvalue weighted by Gasteiger charge is -2.29. The molecule has 0 spiro atoms. The van der Waals surface area contributed by atoms with Crippen LogP contribution >= 0.6 is 11.8 Å². The molecule has 0 radical (unpaired) electrons. The van der Waals surface area contributed by atoms with Crippen LogP contribution in [-0.4, -0.2) is 68.6 Å². The Morgan fingerprint density at radius 1 is 1.31 bits per heavy atom. The van der Waals surface area contributed by atoms with Crippen LogP contribution in [0.5, 0.6) is 0 Å². The number of carbonyl (C=O) groups excluding carboxylic acids is 2. The Kier molecular flexibility index (Phi) is 8.30. The largest absolute Gasteiger partial charge is 0.465 e. The Morgan fingerprint density at radius 2 is 2.08 bits per heavy atom. The Hall–Kier alpha value is -1.68. The SMILES string of the molecule is CCOC(=O)CNC1CCCC(n2nnnc2SC(=O)N(CC)CC)C1. The van der Waals surface area contributed by atoms with Gasteiger partial charge in [0.1, 0.15) is 0 Å². The molecule has 2 unspecified atom stereocenters. The number of rotatable bonds is 8. The van der Waals surface area contributed by atoms with Crippen molar-refractivity contribution in [3.63, 3.8) is 0 Å². The van der Waals surface area contributed by atoms with Gasteiger partial charge in [-0.1, -0.05) is 0 Å². The molecule has 1 aliphatic carbocycles. The van der Waals surface area contributed by atoms with E-state index < -0.39 is 0 Å². The molecular formula is C16H28N6O3S. The third kappa shape index (κ3) is 5.66. The summed E-state index contributed by atoms with van der Waals surface area (Å²) < 4.78 is 6.71. The number of hydrogen-bond acceptors (Lipinski definition) is 8. The molecule has 1 aromatic rings. The summed E-state index contributed by atoms with van der Waals surface area (Å²) >= 11 is 1.07. The highest BCUT2D eigenvalue weighted by atomic mass is 32.2. The first-order valence-corrected chi connectivity index (χ1v) is 10.0. The average Bonchev–Trinajstić information content (AvgIpc) is 3.09. The molecule has 1 aliphatic rings. The summed E-state index contributed by atoms with van der Waals surface area (Å²) in [5, 5.41) is 15.6. The van der Waals surface area contributed by atoms with E-state index in [1.807, 2.05) is 13.8 Å². The van der Waals surface area contributed by atoms with Gasteiger partial charge in [0.05, 0.1) is 19.2 Å². The quantitative estimate of drug-likeness (QED) is 0.535. The van der Waals surface area contributed by atoms with Crippen LogP contribution in [0.1, 0.15) is 52.5 Å². The van der Waals surface area contributed by atoms with Crippen LogP contribution in [0, 0.1) is 0 Å². The maximum atomic E-state index is 12.3. The minimum absolute atomic E-state index is 0.0427. The molecule has 1 saturated carbocycles. The van der Waals surface area contributed by atoms with Crippen molar-refractivity contribution in [1.29, 1.82) is 0 Å². The van der Waals surface area contributed by atoms with Gasteiger partial charge in [0.25, 0.3) is 5.24 Å². The van der Waals surface area contributed by atoms with Crippen LogP contribution < -0.4 is 5.32 Å². The lowest BCUT2D eigenvalue weighted by molar-refractivity contribution is -0.142. The molecular weight excluding hydrogens is 356 g/mol. The Morgan fingerprint density at radius 3 is 2.77 bits per heavy atom. The number of ether oxygens (including phenoxy) is 1. The maximum Gasteiger partial charge on any atom is 0.319 e. The van der Waals surface area contributed by atoms with Gasteiger partial charge >= 0.3 is 5.97 Å². The minimum Gasteiger partial charge on any atom is -0.465 e. The monoisotopic (exact) mass is 384 g/mol. The van der Waals surface area contributed by atoms with Crippen molar-refractivity contribution < 1.29 is 14.3 Å². The van der Waals surface area contributed by atoms with E-state index in [1.165, 1.54) is 0 Å². The average molecular weight is 385 g/mol. The van der Waals surface area contributed by atoms with Crippen molar-refractivity contribution in [2.24, 2.45) is 0 Å². The third-order valence-electron chi connectivity index (χ3n) is 4.50. The molecule has 26 heavy (non-hydrogen) atoms. The summed E-state index contributed by atoms with van der Waals surface area (Å²) in [4.78, 5) is 25.6. The van der Waals surface area contributed by atoms with Gasteiger partial charge in [-0.15, -0.1) is 5.10 Å². The number of tetrazole rings is 1. The zero-order valence-corrected chi connectivity index (χ0v) is 16.5. The molecule has 10 heteroatoms. The smallest absolute Gasteiger partial charge is 0.319 e. The van der Waals surface area contributed by atoms with Crippen LogP contribution in [0.25, 0.3) is 0 Å². The second kappa shape index (κ2) is 10.5. The molecule has 146 valence electrons. The fraction of sp³-hybridized carbons (Fsp3) is 0.812. The summed E-state index contributed by atoms with van der Waals surface area (Å²) in [5.74, 6) is -0.238. The normalized spacial score (nSPS) is 20.0. The van der Waals surface area contributed by atoms with Crippen LogP contribution in [0.2, 0.25) is 0 Å². The second-order valence-electron chi connectivity index (χ2n) is 6.15. The first-order valence-electron chi connectivity index (χ1n) is 9.22. The van der Waals surface area contributed by atoms with E-state index in [9.17, 15) is 9.59 Å². The summed E-state index contributed by atoms with van der Waals surface area (Å²) in [6.45, 7) is 7.62. The highest BCUT2D eigenvalue weighted by molar-refractivity contribution is 8.13. The van der Waals surface area contributed by atoms with Crippen LogP contribution in [0.15, 0.2) is 5.16 Å². The highest BCUT2D eigenvalue weighted by Gasteiger charge is 2.28. The fourth-order valence-electron chi connectivity index (χ4n) is 3.12. The zero-order chi connectivity index (χ0) is 18.9. The molecule has 1 aromatic heterocycles. The van der Waals surface area contributed by atoms with Gasteiger partial charge in [-0.05, 0) is 56.9 Å². The van der Waals surface area contributed by atoms with E-state index in [0.29, 0.717) is 24.9 Å². The lowest BCUT2D eigenvalue weighted by Crippen LogP contribution is -2.38. The number of hydrogen-bond donors (Lipinski definition) is 1. The zero-order valence-electron chi connectivity index (χ0n) is 15.7. The molecule has 1 heterocycles. The molecule has 2 atom stereocenters.